The van der Waals surface area contributed by atoms with Crippen molar-refractivity contribution in [2.75, 3.05) is 0 Å². The van der Waals surface area contributed by atoms with Gasteiger partial charge >= 0.3 is 39.0 Å². The van der Waals surface area contributed by atoms with E-state index in [0.717, 1.165) is 38.5 Å². The van der Waals surface area contributed by atoms with E-state index in [2.05, 4.69) is 0 Å². The Bertz CT molecular complexity index is 502. The van der Waals surface area contributed by atoms with E-state index in [-0.39, 0.29) is 77.5 Å². The number of carbonyl (C=O) groups is 6. The van der Waals surface area contributed by atoms with Gasteiger partial charge in [-0.1, -0.05) is 38.5 Å². The van der Waals surface area contributed by atoms with Crippen molar-refractivity contribution in [3.8, 4) is 0 Å². The first-order valence-corrected chi connectivity index (χ1v) is 12.1. The van der Waals surface area contributed by atoms with Crippen LogP contribution in [0.25, 0.3) is 0 Å². The minimum absolute atomic E-state index is 0. The van der Waals surface area contributed by atoms with Crippen molar-refractivity contribution in [1.82, 2.24) is 0 Å². The van der Waals surface area contributed by atoms with Gasteiger partial charge in [0.05, 0.1) is 0 Å². The standard InChI is InChI=1S/3C8H14O4.2Ru/c3*9-7(10)5-3-1-2-4-6-8(11)12;;/h3*1-6H2,(H,9,10)(H,11,12);;/q;;;2*+3/p-6. The van der Waals surface area contributed by atoms with Crippen LogP contribution in [0.4, 0.5) is 0 Å². The van der Waals surface area contributed by atoms with Crippen molar-refractivity contribution < 1.29 is 98.4 Å². The number of carboxylic acid groups (broad SMARTS) is 6. The number of unbranched alkanes of at least 4 members (excludes halogenated alkanes) is 9. The average molecular weight is 719 g/mol. The molecular formula is C24H36O12Ru2. The molecule has 0 aromatic carbocycles. The largest absolute Gasteiger partial charge is 3.00 e. The van der Waals surface area contributed by atoms with E-state index in [1.807, 2.05) is 0 Å². The Morgan fingerprint density at radius 2 is 0.368 bits per heavy atom. The maximum Gasteiger partial charge on any atom is 3.00 e. The summed E-state index contributed by atoms with van der Waals surface area (Å²) in [6, 6.07) is 0. The molecule has 0 aliphatic rings. The Morgan fingerprint density at radius 1 is 0.263 bits per heavy atom. The van der Waals surface area contributed by atoms with Gasteiger partial charge in [0.25, 0.3) is 0 Å². The number of rotatable bonds is 21. The topological polar surface area (TPSA) is 241 Å². The van der Waals surface area contributed by atoms with Crippen molar-refractivity contribution >= 4 is 35.8 Å². The third-order valence-corrected chi connectivity index (χ3v) is 4.54. The SMILES string of the molecule is O=C([O-])CCCCCCC(=O)[O-].O=C([O-])CCCCCCC(=O)[O-].O=C([O-])CCCCCCC(=O)[O-].[Ru+3].[Ru+3]. The molecule has 0 saturated heterocycles. The number of carbonyl (C=O) groups excluding carboxylic acids is 6. The summed E-state index contributed by atoms with van der Waals surface area (Å²) < 4.78 is 0. The van der Waals surface area contributed by atoms with E-state index in [1.165, 1.54) is 0 Å². The molecule has 14 heteroatoms. The Balaban J connectivity index is -0.000000140. The third-order valence-electron chi connectivity index (χ3n) is 4.54. The van der Waals surface area contributed by atoms with E-state index >= 15 is 0 Å². The summed E-state index contributed by atoms with van der Waals surface area (Å²) in [6.45, 7) is 0. The molecule has 0 fully saturated rings. The third kappa shape index (κ3) is 59.3. The fourth-order valence-corrected chi connectivity index (χ4v) is 2.68. The first-order chi connectivity index (χ1) is 16.9. The second kappa shape index (κ2) is 35.1. The van der Waals surface area contributed by atoms with Crippen LogP contribution >= 0.6 is 0 Å². The summed E-state index contributed by atoms with van der Waals surface area (Å²) in [5, 5.41) is 59.5. The smallest absolute Gasteiger partial charge is 0.550 e. The van der Waals surface area contributed by atoms with Gasteiger partial charge in [0.2, 0.25) is 0 Å². The molecule has 0 aliphatic carbocycles. The maximum atomic E-state index is 9.92. The van der Waals surface area contributed by atoms with Crippen LogP contribution in [-0.4, -0.2) is 35.8 Å². The molecule has 12 nitrogen and oxygen atoms in total. The molecule has 0 aromatic heterocycles. The molecule has 0 aliphatic heterocycles. The number of aliphatic carboxylic acids is 6. The average Bonchev–Trinajstić information content (AvgIpc) is 2.75. The van der Waals surface area contributed by atoms with E-state index in [1.54, 1.807) is 0 Å². The van der Waals surface area contributed by atoms with Crippen molar-refractivity contribution in [2.24, 2.45) is 0 Å². The predicted octanol–water partition coefficient (Wildman–Crippen LogP) is -3.52. The van der Waals surface area contributed by atoms with Gasteiger partial charge in [0.1, 0.15) is 0 Å². The minimum Gasteiger partial charge on any atom is -0.550 e. The van der Waals surface area contributed by atoms with Crippen LogP contribution in [0, 0.1) is 0 Å². The molecule has 0 spiro atoms. The molecule has 0 rings (SSSR count). The number of hydrogen-bond donors (Lipinski definition) is 0. The molecule has 0 unspecified atom stereocenters. The molecule has 0 bridgehead atoms. The number of hydrogen-bond acceptors (Lipinski definition) is 12. The number of carboxylic acids is 6. The minimum atomic E-state index is -1.05. The molecule has 2 radical (unpaired) electrons. The van der Waals surface area contributed by atoms with Gasteiger partial charge in [0.15, 0.2) is 0 Å². The summed E-state index contributed by atoms with van der Waals surface area (Å²) in [4.78, 5) is 59.5. The van der Waals surface area contributed by atoms with Gasteiger partial charge in [-0.3, -0.25) is 0 Å². The van der Waals surface area contributed by atoms with E-state index in [9.17, 15) is 59.4 Å². The monoisotopic (exact) mass is 720 g/mol. The van der Waals surface area contributed by atoms with Gasteiger partial charge in [-0.25, -0.2) is 0 Å². The normalized spacial score (nSPS) is 9.16. The van der Waals surface area contributed by atoms with E-state index in [4.69, 9.17) is 0 Å². The van der Waals surface area contributed by atoms with Gasteiger partial charge < -0.3 is 59.4 Å². The molecule has 220 valence electrons. The van der Waals surface area contributed by atoms with Crippen LogP contribution in [0.3, 0.4) is 0 Å². The van der Waals surface area contributed by atoms with Gasteiger partial charge in [-0.2, -0.15) is 0 Å². The Hall–Kier alpha value is -1.93. The van der Waals surface area contributed by atoms with E-state index < -0.39 is 35.8 Å². The predicted molar refractivity (Wildman–Crippen MR) is 113 cm³/mol. The van der Waals surface area contributed by atoms with Crippen LogP contribution in [0.15, 0.2) is 0 Å². The molecule has 0 N–H and O–H groups in total. The van der Waals surface area contributed by atoms with Crippen LogP contribution in [0.5, 0.6) is 0 Å². The maximum absolute atomic E-state index is 9.92. The summed E-state index contributed by atoms with van der Waals surface area (Å²) in [5.41, 5.74) is 0. The van der Waals surface area contributed by atoms with Crippen LogP contribution < -0.4 is 30.6 Å². The Kier molecular flexibility index (Phi) is 42.4. The fourth-order valence-electron chi connectivity index (χ4n) is 2.68. The van der Waals surface area contributed by atoms with Gasteiger partial charge in [-0.05, 0) is 77.0 Å². The summed E-state index contributed by atoms with van der Waals surface area (Å²) >= 11 is 0. The fraction of sp³-hybridized carbons (Fsp3) is 0.750. The zero-order valence-corrected chi connectivity index (χ0v) is 24.8. The van der Waals surface area contributed by atoms with Crippen molar-refractivity contribution in [2.45, 2.75) is 116 Å². The quantitative estimate of drug-likeness (QED) is 0.0829. The Morgan fingerprint density at radius 3 is 0.447 bits per heavy atom. The molecule has 0 aromatic rings. The van der Waals surface area contributed by atoms with Crippen LogP contribution in [0.1, 0.15) is 116 Å². The summed E-state index contributed by atoms with van der Waals surface area (Å²) in [7, 11) is 0. The van der Waals surface area contributed by atoms with Crippen LogP contribution in [0.2, 0.25) is 0 Å². The first kappa shape index (κ1) is 46.0. The van der Waals surface area contributed by atoms with Crippen LogP contribution in [-0.2, 0) is 67.7 Å². The van der Waals surface area contributed by atoms with Crippen molar-refractivity contribution in [1.29, 1.82) is 0 Å². The molecule has 0 heterocycles. The summed E-state index contributed by atoms with van der Waals surface area (Å²) in [5.74, 6) is -6.28. The van der Waals surface area contributed by atoms with Crippen molar-refractivity contribution in [3.05, 3.63) is 0 Å². The molecule has 0 amide bonds. The van der Waals surface area contributed by atoms with Crippen molar-refractivity contribution in [3.63, 3.8) is 0 Å². The van der Waals surface area contributed by atoms with Gasteiger partial charge in [-0.15, -0.1) is 0 Å². The molecule has 38 heavy (non-hydrogen) atoms. The van der Waals surface area contributed by atoms with E-state index in [0.29, 0.717) is 38.5 Å². The second-order valence-corrected chi connectivity index (χ2v) is 7.97. The molecule has 0 atom stereocenters. The van der Waals surface area contributed by atoms with Gasteiger partial charge in [0, 0.05) is 35.8 Å². The zero-order chi connectivity index (χ0) is 28.2. The molecular weight excluding hydrogens is 682 g/mol. The summed E-state index contributed by atoms with van der Waals surface area (Å²) in [6.07, 6.45) is 8.18. The zero-order valence-electron chi connectivity index (χ0n) is 21.3. The molecule has 0 saturated carbocycles. The Labute approximate surface area is 249 Å². The second-order valence-electron chi connectivity index (χ2n) is 7.97. The first-order valence-electron chi connectivity index (χ1n) is 12.1.